The number of allylic oxidation sites excluding steroid dienone is 1. The number of thioether (sulfide) groups is 1. The topological polar surface area (TPSA) is 46.2 Å². The molecule has 0 bridgehead atoms. The Balaban J connectivity index is 1.99. The lowest BCUT2D eigenvalue weighted by Crippen LogP contribution is -2.21. The first-order chi connectivity index (χ1) is 12.6. The Bertz CT molecular complexity index is 760. The highest BCUT2D eigenvalue weighted by Gasteiger charge is 2.14. The van der Waals surface area contributed by atoms with Crippen LogP contribution in [0.5, 0.6) is 0 Å². The van der Waals surface area contributed by atoms with Crippen molar-refractivity contribution >= 4 is 35.2 Å². The van der Waals surface area contributed by atoms with Gasteiger partial charge in [-0.3, -0.25) is 9.59 Å². The number of carbonyl (C=O) groups excluding carboxylic acids is 2. The number of hydrogen-bond donors (Lipinski definition) is 1. The highest BCUT2D eigenvalue weighted by Crippen LogP contribution is 2.17. The fourth-order valence-electron chi connectivity index (χ4n) is 2.60. The maximum Gasteiger partial charge on any atom is 0.227 e. The zero-order valence-corrected chi connectivity index (χ0v) is 16.3. The van der Waals surface area contributed by atoms with Crippen molar-refractivity contribution in [2.75, 3.05) is 11.6 Å². The van der Waals surface area contributed by atoms with Gasteiger partial charge in [0.1, 0.15) is 0 Å². The molecule has 0 fully saturated rings. The number of anilines is 1. The second kappa shape index (κ2) is 9.97. The van der Waals surface area contributed by atoms with Crippen LogP contribution in [0.3, 0.4) is 0 Å². The summed E-state index contributed by atoms with van der Waals surface area (Å²) in [6, 6.07) is 15.1. The standard InChI is InChI=1S/C22H25NO2S/c1-4-17(5-2)22(25)23-19-11-9-18(10-12-19)21(24)15-8-16-6-13-20(26-3)14-7-16/h6-15,17H,4-5H2,1-3H3,(H,23,25)/b15-8+. The second-order valence-electron chi connectivity index (χ2n) is 6.05. The van der Waals surface area contributed by atoms with E-state index in [1.54, 1.807) is 42.1 Å². The van der Waals surface area contributed by atoms with E-state index in [0.29, 0.717) is 5.56 Å². The summed E-state index contributed by atoms with van der Waals surface area (Å²) in [5.74, 6) is -0.00351. The van der Waals surface area contributed by atoms with Crippen molar-refractivity contribution in [1.29, 1.82) is 0 Å². The molecule has 0 unspecified atom stereocenters. The molecule has 0 aliphatic rings. The molecule has 0 saturated heterocycles. The van der Waals surface area contributed by atoms with Crippen molar-refractivity contribution in [2.24, 2.45) is 5.92 Å². The summed E-state index contributed by atoms with van der Waals surface area (Å²) in [6.45, 7) is 4.02. The van der Waals surface area contributed by atoms with Crippen molar-refractivity contribution in [1.82, 2.24) is 0 Å². The van der Waals surface area contributed by atoms with Gasteiger partial charge in [-0.2, -0.15) is 0 Å². The van der Waals surface area contributed by atoms with E-state index in [2.05, 4.69) is 5.32 Å². The number of hydrogen-bond acceptors (Lipinski definition) is 3. The highest BCUT2D eigenvalue weighted by atomic mass is 32.2. The summed E-state index contributed by atoms with van der Waals surface area (Å²) in [6.07, 6.45) is 7.06. The number of ketones is 1. The number of nitrogens with one attached hydrogen (secondary N) is 1. The van der Waals surface area contributed by atoms with Crippen molar-refractivity contribution < 1.29 is 9.59 Å². The summed E-state index contributed by atoms with van der Waals surface area (Å²) < 4.78 is 0. The normalized spacial score (nSPS) is 11.1. The molecule has 0 heterocycles. The largest absolute Gasteiger partial charge is 0.326 e. The van der Waals surface area contributed by atoms with Crippen LogP contribution < -0.4 is 5.32 Å². The van der Waals surface area contributed by atoms with Gasteiger partial charge in [0.15, 0.2) is 5.78 Å². The van der Waals surface area contributed by atoms with Crippen LogP contribution in [0.2, 0.25) is 0 Å². The van der Waals surface area contributed by atoms with E-state index >= 15 is 0 Å². The molecule has 0 atom stereocenters. The Hall–Kier alpha value is -2.33. The van der Waals surface area contributed by atoms with Gasteiger partial charge in [-0.05, 0) is 67.1 Å². The van der Waals surface area contributed by atoms with Crippen LogP contribution >= 0.6 is 11.8 Å². The van der Waals surface area contributed by atoms with E-state index in [0.717, 1.165) is 24.1 Å². The van der Waals surface area contributed by atoms with Crippen LogP contribution in [0.4, 0.5) is 5.69 Å². The monoisotopic (exact) mass is 367 g/mol. The van der Waals surface area contributed by atoms with Gasteiger partial charge in [0.25, 0.3) is 0 Å². The Labute approximate surface area is 159 Å². The van der Waals surface area contributed by atoms with E-state index in [9.17, 15) is 9.59 Å². The molecule has 0 spiro atoms. The molecule has 0 saturated carbocycles. The molecule has 136 valence electrons. The van der Waals surface area contributed by atoms with Gasteiger partial charge in [0.05, 0.1) is 0 Å². The molecule has 3 nitrogen and oxygen atoms in total. The first-order valence-corrected chi connectivity index (χ1v) is 10.1. The van der Waals surface area contributed by atoms with E-state index < -0.39 is 0 Å². The molecule has 0 aromatic heterocycles. The predicted molar refractivity (Wildman–Crippen MR) is 111 cm³/mol. The van der Waals surface area contributed by atoms with Crippen LogP contribution in [-0.4, -0.2) is 17.9 Å². The summed E-state index contributed by atoms with van der Waals surface area (Å²) in [4.78, 5) is 25.6. The lowest BCUT2D eigenvalue weighted by molar-refractivity contribution is -0.120. The Kier molecular flexibility index (Phi) is 7.67. The summed E-state index contributed by atoms with van der Waals surface area (Å²) >= 11 is 1.69. The van der Waals surface area contributed by atoms with Crippen LogP contribution in [0.25, 0.3) is 6.08 Å². The number of rotatable bonds is 8. The predicted octanol–water partition coefficient (Wildman–Crippen LogP) is 5.68. The molecule has 0 radical (unpaired) electrons. The molecule has 4 heteroatoms. The quantitative estimate of drug-likeness (QED) is 0.371. The molecule has 26 heavy (non-hydrogen) atoms. The molecule has 1 N–H and O–H groups in total. The van der Waals surface area contributed by atoms with Crippen LogP contribution in [0.15, 0.2) is 59.5 Å². The first kappa shape index (κ1) is 20.0. The van der Waals surface area contributed by atoms with Crippen molar-refractivity contribution in [3.63, 3.8) is 0 Å². The van der Waals surface area contributed by atoms with Crippen molar-refractivity contribution in [3.05, 3.63) is 65.7 Å². The highest BCUT2D eigenvalue weighted by molar-refractivity contribution is 7.98. The third-order valence-corrected chi connectivity index (χ3v) is 5.08. The summed E-state index contributed by atoms with van der Waals surface area (Å²) in [5.41, 5.74) is 2.31. The maximum absolute atomic E-state index is 12.3. The Morgan fingerprint density at radius 3 is 2.15 bits per heavy atom. The zero-order valence-electron chi connectivity index (χ0n) is 15.5. The summed E-state index contributed by atoms with van der Waals surface area (Å²) in [5, 5.41) is 2.91. The molecule has 2 aromatic carbocycles. The van der Waals surface area contributed by atoms with E-state index in [1.807, 2.05) is 50.4 Å². The molecular weight excluding hydrogens is 342 g/mol. The van der Waals surface area contributed by atoms with Crippen LogP contribution in [0, 0.1) is 5.92 Å². The molecule has 1 amide bonds. The van der Waals surface area contributed by atoms with Crippen molar-refractivity contribution in [3.8, 4) is 0 Å². The van der Waals surface area contributed by atoms with E-state index in [-0.39, 0.29) is 17.6 Å². The SMILES string of the molecule is CCC(CC)C(=O)Nc1ccc(C(=O)/C=C/c2ccc(SC)cc2)cc1. The van der Waals surface area contributed by atoms with Gasteiger partial charge in [0.2, 0.25) is 5.91 Å². The summed E-state index contributed by atoms with van der Waals surface area (Å²) in [7, 11) is 0. The lowest BCUT2D eigenvalue weighted by Gasteiger charge is -2.12. The third-order valence-electron chi connectivity index (χ3n) is 4.34. The van der Waals surface area contributed by atoms with E-state index in [1.165, 1.54) is 4.90 Å². The minimum Gasteiger partial charge on any atom is -0.326 e. The molecule has 0 aliphatic heterocycles. The van der Waals surface area contributed by atoms with Gasteiger partial charge >= 0.3 is 0 Å². The molecule has 0 aliphatic carbocycles. The number of amides is 1. The van der Waals surface area contributed by atoms with Crippen molar-refractivity contribution in [2.45, 2.75) is 31.6 Å². The Morgan fingerprint density at radius 2 is 1.62 bits per heavy atom. The lowest BCUT2D eigenvalue weighted by atomic mass is 10.0. The maximum atomic E-state index is 12.3. The van der Waals surface area contributed by atoms with Gasteiger partial charge in [-0.1, -0.05) is 32.1 Å². The first-order valence-electron chi connectivity index (χ1n) is 8.84. The smallest absolute Gasteiger partial charge is 0.227 e. The third kappa shape index (κ3) is 5.60. The Morgan fingerprint density at radius 1 is 1.00 bits per heavy atom. The zero-order chi connectivity index (χ0) is 18.9. The fourth-order valence-corrected chi connectivity index (χ4v) is 3.01. The average molecular weight is 368 g/mol. The molecular formula is C22H25NO2S. The van der Waals surface area contributed by atoms with E-state index in [4.69, 9.17) is 0 Å². The molecule has 2 rings (SSSR count). The van der Waals surface area contributed by atoms with Gasteiger partial charge < -0.3 is 5.32 Å². The van der Waals surface area contributed by atoms with Gasteiger partial charge in [-0.25, -0.2) is 0 Å². The van der Waals surface area contributed by atoms with Crippen LogP contribution in [0.1, 0.15) is 42.6 Å². The fraction of sp³-hybridized carbons (Fsp3) is 0.273. The molecule has 2 aromatic rings. The second-order valence-corrected chi connectivity index (χ2v) is 6.93. The van der Waals surface area contributed by atoms with Gasteiger partial charge in [-0.15, -0.1) is 11.8 Å². The number of carbonyl (C=O) groups is 2. The van der Waals surface area contributed by atoms with Gasteiger partial charge in [0, 0.05) is 22.1 Å². The number of benzene rings is 2. The van der Waals surface area contributed by atoms with Crippen LogP contribution in [-0.2, 0) is 4.79 Å². The average Bonchev–Trinajstić information content (AvgIpc) is 2.68. The minimum absolute atomic E-state index is 0.0248. The minimum atomic E-state index is -0.0585.